The Hall–Kier alpha value is -1.06. The van der Waals surface area contributed by atoms with Crippen molar-refractivity contribution in [2.24, 2.45) is 5.92 Å². The molecule has 0 aliphatic rings. The lowest BCUT2D eigenvalue weighted by atomic mass is 10.1. The maximum atomic E-state index is 11.1. The first-order valence-electron chi connectivity index (χ1n) is 4.45. The Morgan fingerprint density at radius 3 is 2.23 bits per heavy atom. The van der Waals surface area contributed by atoms with E-state index in [2.05, 4.69) is 5.32 Å². The van der Waals surface area contributed by atoms with Crippen molar-refractivity contribution in [3.63, 3.8) is 0 Å². The monoisotopic (exact) mass is 187 g/mol. The summed E-state index contributed by atoms with van der Waals surface area (Å²) in [7, 11) is 0. The molecule has 76 valence electrons. The normalized spacial score (nSPS) is 12.6. The number of aliphatic carboxylic acids is 1. The maximum Gasteiger partial charge on any atom is 0.325 e. The third-order valence-corrected chi connectivity index (χ3v) is 1.70. The number of rotatable bonds is 5. The van der Waals surface area contributed by atoms with Gasteiger partial charge < -0.3 is 10.4 Å². The van der Waals surface area contributed by atoms with E-state index in [4.69, 9.17) is 5.11 Å². The first-order chi connectivity index (χ1) is 5.93. The van der Waals surface area contributed by atoms with Crippen molar-refractivity contribution < 1.29 is 14.7 Å². The average molecular weight is 187 g/mol. The molecule has 0 aliphatic carbocycles. The first kappa shape index (κ1) is 11.9. The zero-order valence-corrected chi connectivity index (χ0v) is 8.33. The van der Waals surface area contributed by atoms with Gasteiger partial charge in [-0.25, -0.2) is 0 Å². The van der Waals surface area contributed by atoms with Gasteiger partial charge in [0.25, 0.3) is 0 Å². The van der Waals surface area contributed by atoms with Crippen LogP contribution in [0.4, 0.5) is 0 Å². The van der Waals surface area contributed by atoms with Gasteiger partial charge in [0.2, 0.25) is 5.91 Å². The molecule has 0 aromatic carbocycles. The highest BCUT2D eigenvalue weighted by Crippen LogP contribution is 2.02. The number of carboxylic acids is 1. The van der Waals surface area contributed by atoms with E-state index < -0.39 is 12.0 Å². The van der Waals surface area contributed by atoms with Crippen molar-refractivity contribution in [2.75, 3.05) is 0 Å². The highest BCUT2D eigenvalue weighted by molar-refractivity contribution is 5.83. The Balaban J connectivity index is 3.68. The number of carbonyl (C=O) groups excluding carboxylic acids is 1. The first-order valence-corrected chi connectivity index (χ1v) is 4.45. The highest BCUT2D eigenvalue weighted by Gasteiger charge is 2.13. The van der Waals surface area contributed by atoms with E-state index >= 15 is 0 Å². The third kappa shape index (κ3) is 6.13. The molecular weight excluding hydrogens is 170 g/mol. The van der Waals surface area contributed by atoms with Gasteiger partial charge in [0.05, 0.1) is 0 Å². The predicted molar refractivity (Wildman–Crippen MR) is 49.3 cm³/mol. The Bertz CT molecular complexity index is 189. The fourth-order valence-corrected chi connectivity index (χ4v) is 0.795. The van der Waals surface area contributed by atoms with E-state index in [1.165, 1.54) is 6.92 Å². The van der Waals surface area contributed by atoms with Gasteiger partial charge in [-0.3, -0.25) is 9.59 Å². The SMILES string of the molecule is CC(C)CCC(=O)N[C@@H](C)C(=O)O. The van der Waals surface area contributed by atoms with Gasteiger partial charge in [0, 0.05) is 6.42 Å². The number of amides is 1. The molecule has 0 radical (unpaired) electrons. The fraction of sp³-hybridized carbons (Fsp3) is 0.778. The van der Waals surface area contributed by atoms with Gasteiger partial charge in [0.1, 0.15) is 6.04 Å². The lowest BCUT2D eigenvalue weighted by molar-refractivity contribution is -0.141. The van der Waals surface area contributed by atoms with Crippen LogP contribution in [0.1, 0.15) is 33.6 Å². The molecule has 0 spiro atoms. The van der Waals surface area contributed by atoms with E-state index in [-0.39, 0.29) is 5.91 Å². The second kappa shape index (κ2) is 5.56. The van der Waals surface area contributed by atoms with Gasteiger partial charge in [-0.15, -0.1) is 0 Å². The van der Waals surface area contributed by atoms with Crippen LogP contribution in [0.3, 0.4) is 0 Å². The summed E-state index contributed by atoms with van der Waals surface area (Å²) in [6.07, 6.45) is 1.19. The number of carboxylic acid groups (broad SMARTS) is 1. The maximum absolute atomic E-state index is 11.1. The summed E-state index contributed by atoms with van der Waals surface area (Å²) in [6.45, 7) is 5.50. The lowest BCUT2D eigenvalue weighted by Gasteiger charge is -2.09. The fourth-order valence-electron chi connectivity index (χ4n) is 0.795. The van der Waals surface area contributed by atoms with Gasteiger partial charge in [-0.05, 0) is 19.3 Å². The Labute approximate surface area is 78.3 Å². The molecule has 4 heteroatoms. The Morgan fingerprint density at radius 2 is 1.85 bits per heavy atom. The quantitative estimate of drug-likeness (QED) is 0.675. The Morgan fingerprint density at radius 1 is 1.31 bits per heavy atom. The molecule has 0 aliphatic heterocycles. The third-order valence-electron chi connectivity index (χ3n) is 1.70. The van der Waals surface area contributed by atoms with Crippen molar-refractivity contribution >= 4 is 11.9 Å². The van der Waals surface area contributed by atoms with Crippen molar-refractivity contribution in [1.29, 1.82) is 0 Å². The van der Waals surface area contributed by atoms with Crippen molar-refractivity contribution in [3.8, 4) is 0 Å². The number of hydrogen-bond donors (Lipinski definition) is 2. The smallest absolute Gasteiger partial charge is 0.325 e. The number of carbonyl (C=O) groups is 2. The molecule has 0 saturated heterocycles. The number of nitrogens with one attached hydrogen (secondary N) is 1. The molecule has 0 bridgehead atoms. The van der Waals surface area contributed by atoms with Crippen LogP contribution < -0.4 is 5.32 Å². The number of hydrogen-bond acceptors (Lipinski definition) is 2. The summed E-state index contributed by atoms with van der Waals surface area (Å²) in [6, 6.07) is -0.792. The van der Waals surface area contributed by atoms with Crippen LogP contribution in [0, 0.1) is 5.92 Å². The molecule has 0 saturated carbocycles. The van der Waals surface area contributed by atoms with Crippen LogP contribution in [-0.2, 0) is 9.59 Å². The summed E-state index contributed by atoms with van der Waals surface area (Å²) in [5.41, 5.74) is 0. The minimum Gasteiger partial charge on any atom is -0.480 e. The summed E-state index contributed by atoms with van der Waals surface area (Å²) in [4.78, 5) is 21.4. The molecule has 2 N–H and O–H groups in total. The van der Waals surface area contributed by atoms with Gasteiger partial charge >= 0.3 is 5.97 Å². The summed E-state index contributed by atoms with van der Waals surface area (Å²) in [5.74, 6) is -0.729. The second-order valence-corrected chi connectivity index (χ2v) is 3.56. The minimum atomic E-state index is -1.00. The zero-order valence-electron chi connectivity index (χ0n) is 8.33. The van der Waals surface area contributed by atoms with Gasteiger partial charge in [-0.2, -0.15) is 0 Å². The van der Waals surface area contributed by atoms with Gasteiger partial charge in [0.15, 0.2) is 0 Å². The highest BCUT2D eigenvalue weighted by atomic mass is 16.4. The van der Waals surface area contributed by atoms with Crippen LogP contribution in [-0.4, -0.2) is 23.0 Å². The largest absolute Gasteiger partial charge is 0.480 e. The molecule has 0 fully saturated rings. The molecule has 0 unspecified atom stereocenters. The molecule has 4 nitrogen and oxygen atoms in total. The molecule has 1 amide bonds. The lowest BCUT2D eigenvalue weighted by Crippen LogP contribution is -2.38. The van der Waals surface area contributed by atoms with E-state index in [1.807, 2.05) is 13.8 Å². The van der Waals surface area contributed by atoms with Crippen molar-refractivity contribution in [1.82, 2.24) is 5.32 Å². The van der Waals surface area contributed by atoms with Crippen LogP contribution in [0.5, 0.6) is 0 Å². The molecule has 0 aromatic rings. The van der Waals surface area contributed by atoms with Crippen molar-refractivity contribution in [3.05, 3.63) is 0 Å². The van der Waals surface area contributed by atoms with Gasteiger partial charge in [-0.1, -0.05) is 13.8 Å². The van der Waals surface area contributed by atoms with E-state index in [0.29, 0.717) is 12.3 Å². The zero-order chi connectivity index (χ0) is 10.4. The predicted octanol–water partition coefficient (Wildman–Crippen LogP) is 1.01. The molecule has 0 aromatic heterocycles. The second-order valence-electron chi connectivity index (χ2n) is 3.56. The molecule has 0 rings (SSSR count). The molecule has 0 heterocycles. The molecule has 1 atom stereocenters. The average Bonchev–Trinajstić information content (AvgIpc) is 2.00. The van der Waals surface area contributed by atoms with Crippen LogP contribution in [0.15, 0.2) is 0 Å². The van der Waals surface area contributed by atoms with Crippen LogP contribution in [0.2, 0.25) is 0 Å². The summed E-state index contributed by atoms with van der Waals surface area (Å²) in [5, 5.41) is 10.9. The standard InChI is InChI=1S/C9H17NO3/c1-6(2)4-5-8(11)10-7(3)9(12)13/h6-7H,4-5H2,1-3H3,(H,10,11)(H,12,13)/t7-/m0/s1. The van der Waals surface area contributed by atoms with E-state index in [9.17, 15) is 9.59 Å². The summed E-state index contributed by atoms with van der Waals surface area (Å²) < 4.78 is 0. The van der Waals surface area contributed by atoms with E-state index in [1.54, 1.807) is 0 Å². The Kier molecular flexibility index (Phi) is 5.11. The van der Waals surface area contributed by atoms with E-state index in [0.717, 1.165) is 6.42 Å². The van der Waals surface area contributed by atoms with Crippen LogP contribution in [0.25, 0.3) is 0 Å². The summed E-state index contributed by atoms with van der Waals surface area (Å²) >= 11 is 0. The molecule has 13 heavy (non-hydrogen) atoms. The minimum absolute atomic E-state index is 0.191. The van der Waals surface area contributed by atoms with Crippen molar-refractivity contribution in [2.45, 2.75) is 39.7 Å². The topological polar surface area (TPSA) is 66.4 Å². The molecular formula is C9H17NO3. The van der Waals surface area contributed by atoms with Crippen LogP contribution >= 0.6 is 0 Å².